The van der Waals surface area contributed by atoms with Crippen LogP contribution in [-0.2, 0) is 9.09 Å². The number of unbranched alkanes of at least 4 members (excludes halogenated alkanes) is 13. The van der Waals surface area contributed by atoms with Crippen LogP contribution in [0.4, 0.5) is 0 Å². The first-order valence-corrected chi connectivity index (χ1v) is 14.8. The molecule has 0 radical (unpaired) electrons. The summed E-state index contributed by atoms with van der Waals surface area (Å²) >= 11 is 0. The van der Waals surface area contributed by atoms with Gasteiger partial charge in [0, 0.05) is 6.42 Å². The predicted octanol–water partition coefficient (Wildman–Crippen LogP) is 8.45. The number of hydrogen-bond donors (Lipinski definition) is 1. The lowest BCUT2D eigenvalue weighted by Gasteiger charge is -2.35. The van der Waals surface area contributed by atoms with Crippen LogP contribution in [0.15, 0.2) is 12.2 Å². The standard InChI is InChI=1S/C26H54NO3P/c1-6-8-9-10-11-12-13-14-15-16-17-18-19-20-21-22-23-25-30-31(28,29)26(24-7-2)27(3,4)5/h11-12,26H,6-10,13-25H2,1-5H3/p+1/b12-11-. The van der Waals surface area contributed by atoms with Crippen molar-refractivity contribution in [1.82, 2.24) is 0 Å². The van der Waals surface area contributed by atoms with E-state index in [1.807, 2.05) is 21.1 Å². The van der Waals surface area contributed by atoms with Gasteiger partial charge in [-0.25, -0.2) is 0 Å². The summed E-state index contributed by atoms with van der Waals surface area (Å²) in [4.78, 5) is 10.4. The quantitative estimate of drug-likeness (QED) is 0.0763. The largest absolute Gasteiger partial charge is 0.385 e. The van der Waals surface area contributed by atoms with Gasteiger partial charge in [-0.2, -0.15) is 0 Å². The van der Waals surface area contributed by atoms with Crippen molar-refractivity contribution in [1.29, 1.82) is 0 Å². The molecule has 0 heterocycles. The molecule has 0 saturated carbocycles. The van der Waals surface area contributed by atoms with E-state index in [1.165, 1.54) is 83.5 Å². The first-order chi connectivity index (χ1) is 14.8. The molecule has 1 N–H and O–H groups in total. The van der Waals surface area contributed by atoms with Crippen LogP contribution in [0.3, 0.4) is 0 Å². The Hall–Kier alpha value is -0.150. The van der Waals surface area contributed by atoms with Crippen LogP contribution in [-0.4, -0.2) is 42.9 Å². The zero-order chi connectivity index (χ0) is 23.4. The van der Waals surface area contributed by atoms with E-state index in [0.717, 1.165) is 19.3 Å². The Morgan fingerprint density at radius 3 is 1.65 bits per heavy atom. The van der Waals surface area contributed by atoms with Crippen molar-refractivity contribution in [3.63, 3.8) is 0 Å². The van der Waals surface area contributed by atoms with E-state index in [0.29, 0.717) is 17.5 Å². The summed E-state index contributed by atoms with van der Waals surface area (Å²) in [5.74, 6) is -0.334. The molecular weight excluding hydrogens is 405 g/mol. The van der Waals surface area contributed by atoms with Crippen LogP contribution < -0.4 is 0 Å². The summed E-state index contributed by atoms with van der Waals surface area (Å²) in [6.45, 7) is 4.71. The number of nitrogens with zero attached hydrogens (tertiary/aromatic N) is 1. The second-order valence-corrected chi connectivity index (χ2v) is 12.1. The topological polar surface area (TPSA) is 46.5 Å². The van der Waals surface area contributed by atoms with Crippen LogP contribution >= 0.6 is 7.60 Å². The van der Waals surface area contributed by atoms with E-state index in [-0.39, 0.29) is 5.78 Å². The first kappa shape index (κ1) is 30.9. The second kappa shape index (κ2) is 19.3. The minimum atomic E-state index is -3.56. The monoisotopic (exact) mass is 460 g/mol. The highest BCUT2D eigenvalue weighted by Gasteiger charge is 2.41. The fourth-order valence-electron chi connectivity index (χ4n) is 4.05. The summed E-state index contributed by atoms with van der Waals surface area (Å²) in [7, 11) is 2.35. The molecule has 0 fully saturated rings. The van der Waals surface area contributed by atoms with Crippen molar-refractivity contribution in [3.05, 3.63) is 12.2 Å². The van der Waals surface area contributed by atoms with Crippen LogP contribution in [0, 0.1) is 0 Å². The van der Waals surface area contributed by atoms with Crippen LogP contribution in [0.2, 0.25) is 0 Å². The van der Waals surface area contributed by atoms with Crippen molar-refractivity contribution >= 4 is 7.60 Å². The Balaban J connectivity index is 3.55. The normalized spacial score (nSPS) is 15.4. The second-order valence-electron chi connectivity index (χ2n) is 10.1. The highest BCUT2D eigenvalue weighted by molar-refractivity contribution is 7.53. The maximum absolute atomic E-state index is 12.6. The Morgan fingerprint density at radius 2 is 1.19 bits per heavy atom. The Morgan fingerprint density at radius 1 is 0.742 bits per heavy atom. The van der Waals surface area contributed by atoms with Crippen LogP contribution in [0.1, 0.15) is 123 Å². The SMILES string of the molecule is CCCCC/C=C\CCCCCCCCCCCCOP(=O)(O)C(CCC)[N+](C)(C)C. The molecular formula is C26H55NO3P+. The maximum atomic E-state index is 12.6. The highest BCUT2D eigenvalue weighted by Crippen LogP contribution is 2.51. The lowest BCUT2D eigenvalue weighted by Crippen LogP contribution is -2.45. The van der Waals surface area contributed by atoms with E-state index < -0.39 is 7.60 Å². The van der Waals surface area contributed by atoms with Crippen LogP contribution in [0.25, 0.3) is 0 Å². The third kappa shape index (κ3) is 18.0. The van der Waals surface area contributed by atoms with Crippen molar-refractivity contribution in [2.45, 2.75) is 129 Å². The fraction of sp³-hybridized carbons (Fsp3) is 0.923. The van der Waals surface area contributed by atoms with Crippen molar-refractivity contribution in [3.8, 4) is 0 Å². The third-order valence-corrected chi connectivity index (χ3v) is 8.26. The first-order valence-electron chi connectivity index (χ1n) is 13.2. The zero-order valence-electron chi connectivity index (χ0n) is 21.6. The minimum Gasteiger partial charge on any atom is -0.320 e. The van der Waals surface area contributed by atoms with Crippen molar-refractivity contribution in [2.75, 3.05) is 27.7 Å². The van der Waals surface area contributed by atoms with Crippen LogP contribution in [0.5, 0.6) is 0 Å². The molecule has 2 atom stereocenters. The van der Waals surface area contributed by atoms with E-state index in [2.05, 4.69) is 26.0 Å². The Bertz CT molecular complexity index is 474. The molecule has 0 aromatic carbocycles. The zero-order valence-corrected chi connectivity index (χ0v) is 22.5. The summed E-state index contributed by atoms with van der Waals surface area (Å²) in [6, 6.07) is 0. The molecule has 0 amide bonds. The fourth-order valence-corrected chi connectivity index (χ4v) is 6.08. The lowest BCUT2D eigenvalue weighted by molar-refractivity contribution is -0.883. The maximum Gasteiger partial charge on any atom is 0.385 e. The average Bonchev–Trinajstić information content (AvgIpc) is 2.70. The smallest absolute Gasteiger partial charge is 0.320 e. The number of allylic oxidation sites excluding steroid dienone is 2. The molecule has 0 saturated heterocycles. The molecule has 5 heteroatoms. The molecule has 0 bridgehead atoms. The third-order valence-electron chi connectivity index (χ3n) is 6.00. The van der Waals surface area contributed by atoms with E-state index in [1.54, 1.807) is 0 Å². The average molecular weight is 461 g/mol. The van der Waals surface area contributed by atoms with Gasteiger partial charge in [-0.05, 0) is 38.5 Å². The number of hydrogen-bond acceptors (Lipinski definition) is 2. The molecule has 0 aliphatic carbocycles. The Labute approximate surface area is 195 Å². The predicted molar refractivity (Wildman–Crippen MR) is 137 cm³/mol. The minimum absolute atomic E-state index is 0.334. The molecule has 4 nitrogen and oxygen atoms in total. The van der Waals surface area contributed by atoms with Crippen molar-refractivity contribution < 1.29 is 18.5 Å². The lowest BCUT2D eigenvalue weighted by atomic mass is 10.1. The molecule has 31 heavy (non-hydrogen) atoms. The van der Waals surface area contributed by atoms with Gasteiger partial charge in [0.05, 0.1) is 27.7 Å². The summed E-state index contributed by atoms with van der Waals surface area (Å²) in [5.41, 5.74) is 0. The van der Waals surface area contributed by atoms with E-state index in [9.17, 15) is 9.46 Å². The van der Waals surface area contributed by atoms with Gasteiger partial charge < -0.3 is 13.9 Å². The molecule has 2 unspecified atom stereocenters. The Kier molecular flexibility index (Phi) is 19.2. The summed E-state index contributed by atoms with van der Waals surface area (Å²) in [6.07, 6.45) is 25.4. The van der Waals surface area contributed by atoms with Gasteiger partial charge >= 0.3 is 7.60 Å². The van der Waals surface area contributed by atoms with Gasteiger partial charge in [-0.1, -0.05) is 90.2 Å². The van der Waals surface area contributed by atoms with E-state index in [4.69, 9.17) is 4.52 Å². The number of quaternary nitrogens is 1. The molecule has 0 spiro atoms. The molecule has 0 aromatic heterocycles. The van der Waals surface area contributed by atoms with Gasteiger partial charge in [0.1, 0.15) is 0 Å². The molecule has 0 rings (SSSR count). The summed E-state index contributed by atoms with van der Waals surface area (Å²) in [5, 5.41) is 0. The van der Waals surface area contributed by atoms with Gasteiger partial charge in [-0.15, -0.1) is 0 Å². The molecule has 0 aliphatic rings. The number of rotatable bonds is 22. The van der Waals surface area contributed by atoms with Gasteiger partial charge in [0.25, 0.3) is 0 Å². The molecule has 186 valence electrons. The van der Waals surface area contributed by atoms with E-state index >= 15 is 0 Å². The summed E-state index contributed by atoms with van der Waals surface area (Å²) < 4.78 is 18.6. The van der Waals surface area contributed by atoms with Gasteiger partial charge in [0.15, 0.2) is 5.78 Å². The molecule has 0 aliphatic heterocycles. The van der Waals surface area contributed by atoms with Gasteiger partial charge in [0.2, 0.25) is 0 Å². The van der Waals surface area contributed by atoms with Crippen molar-refractivity contribution in [2.24, 2.45) is 0 Å². The molecule has 0 aromatic rings. The van der Waals surface area contributed by atoms with Gasteiger partial charge in [-0.3, -0.25) is 4.57 Å². The highest BCUT2D eigenvalue weighted by atomic mass is 31.2.